The van der Waals surface area contributed by atoms with Crippen LogP contribution in [0.2, 0.25) is 0 Å². The second-order valence-corrected chi connectivity index (χ2v) is 11.1. The first-order valence-corrected chi connectivity index (χ1v) is 11.8. The van der Waals surface area contributed by atoms with Gasteiger partial charge in [0.05, 0.1) is 16.8 Å². The lowest BCUT2D eigenvalue weighted by molar-refractivity contribution is 0.00578. The van der Waals surface area contributed by atoms with Crippen LogP contribution in [0.1, 0.15) is 72.4 Å². The highest BCUT2D eigenvalue weighted by atomic mass is 16.7. The maximum atomic E-state index is 12.3. The lowest BCUT2D eigenvalue weighted by Crippen LogP contribution is -2.41. The normalized spacial score (nSPS) is 22.2. The summed E-state index contributed by atoms with van der Waals surface area (Å²) in [6, 6.07) is 7.91. The molecule has 0 spiro atoms. The number of alkyl carbamates (subject to hydrolysis) is 1. The molecule has 3 N–H and O–H groups in total. The van der Waals surface area contributed by atoms with Crippen molar-refractivity contribution in [3.63, 3.8) is 0 Å². The topological polar surface area (TPSA) is 89.1 Å². The first kappa shape index (κ1) is 25.8. The molecule has 2 aliphatic rings. The fraction of sp³-hybridized carbons (Fsp3) is 0.640. The quantitative estimate of drug-likeness (QED) is 0.582. The Morgan fingerprint density at radius 2 is 1.67 bits per heavy atom. The summed E-state index contributed by atoms with van der Waals surface area (Å²) in [5.41, 5.74) is 0.281. The average Bonchev–Trinajstić information content (AvgIpc) is 2.92. The molecule has 3 rings (SSSR count). The Morgan fingerprint density at radius 1 is 1.12 bits per heavy atom. The average molecular weight is 458 g/mol. The largest absolute Gasteiger partial charge is 0.492 e. The van der Waals surface area contributed by atoms with E-state index in [1.807, 2.05) is 78.8 Å². The maximum absolute atomic E-state index is 12.3. The Morgan fingerprint density at radius 3 is 2.18 bits per heavy atom. The van der Waals surface area contributed by atoms with Gasteiger partial charge in [0, 0.05) is 6.54 Å². The molecule has 8 heteroatoms. The van der Waals surface area contributed by atoms with Gasteiger partial charge < -0.3 is 29.8 Å². The minimum Gasteiger partial charge on any atom is -0.444 e. The molecule has 2 saturated heterocycles. The summed E-state index contributed by atoms with van der Waals surface area (Å²) in [6.07, 6.45) is 2.87. The number of rotatable bonds is 5. The van der Waals surface area contributed by atoms with Gasteiger partial charge in [0.15, 0.2) is 0 Å². The number of nitrogens with one attached hydrogen (secondary N) is 2. The van der Waals surface area contributed by atoms with E-state index in [0.29, 0.717) is 12.8 Å². The first-order valence-electron chi connectivity index (χ1n) is 11.8. The third-order valence-electron chi connectivity index (χ3n) is 6.62. The molecule has 33 heavy (non-hydrogen) atoms. The number of hydrogen-bond acceptors (Lipinski definition) is 6. The zero-order valence-electron chi connectivity index (χ0n) is 21.1. The molecule has 0 radical (unpaired) electrons. The summed E-state index contributed by atoms with van der Waals surface area (Å²) >= 11 is 0. The van der Waals surface area contributed by atoms with E-state index in [0.717, 1.165) is 29.7 Å². The van der Waals surface area contributed by atoms with Gasteiger partial charge >= 0.3 is 13.2 Å². The number of aliphatic hydroxyl groups is 1. The number of amides is 1. The second-order valence-electron chi connectivity index (χ2n) is 11.1. The van der Waals surface area contributed by atoms with Crippen LogP contribution >= 0.6 is 0 Å². The molecule has 0 atom stereocenters. The van der Waals surface area contributed by atoms with Crippen molar-refractivity contribution < 1.29 is 23.9 Å². The van der Waals surface area contributed by atoms with Crippen LogP contribution in [0, 0.1) is 0 Å². The van der Waals surface area contributed by atoms with Crippen LogP contribution < -0.4 is 10.6 Å². The van der Waals surface area contributed by atoms with Crippen molar-refractivity contribution in [2.45, 2.75) is 83.7 Å². The smallest absolute Gasteiger partial charge is 0.444 e. The molecule has 0 aromatic heterocycles. The number of benzene rings is 1. The van der Waals surface area contributed by atoms with Gasteiger partial charge in [0.1, 0.15) is 5.60 Å². The zero-order valence-corrected chi connectivity index (χ0v) is 21.1. The third-order valence-corrected chi connectivity index (χ3v) is 6.62. The molecule has 0 bridgehead atoms. The first-order chi connectivity index (χ1) is 15.2. The van der Waals surface area contributed by atoms with E-state index in [9.17, 15) is 9.90 Å². The molecule has 0 unspecified atom stereocenters. The van der Waals surface area contributed by atoms with E-state index in [4.69, 9.17) is 14.0 Å². The Balaban J connectivity index is 1.81. The van der Waals surface area contributed by atoms with Gasteiger partial charge in [-0.05, 0) is 91.0 Å². The highest BCUT2D eigenvalue weighted by Crippen LogP contribution is 2.39. The summed E-state index contributed by atoms with van der Waals surface area (Å²) in [5.74, 6) is 0. The molecule has 0 aliphatic carbocycles. The van der Waals surface area contributed by atoms with Crippen molar-refractivity contribution in [3.8, 4) is 0 Å². The highest BCUT2D eigenvalue weighted by Gasteiger charge is 2.52. The van der Waals surface area contributed by atoms with Gasteiger partial charge in [0.2, 0.25) is 0 Å². The molecule has 0 saturated carbocycles. The van der Waals surface area contributed by atoms with Crippen molar-refractivity contribution in [2.24, 2.45) is 0 Å². The van der Waals surface area contributed by atoms with Crippen LogP contribution in [0.3, 0.4) is 0 Å². The summed E-state index contributed by atoms with van der Waals surface area (Å²) in [5, 5.41) is 17.1. The number of carbonyl (C=O) groups is 1. The highest BCUT2D eigenvalue weighted by molar-refractivity contribution is 6.56. The van der Waals surface area contributed by atoms with Crippen molar-refractivity contribution in [3.05, 3.63) is 40.9 Å². The van der Waals surface area contributed by atoms with Crippen LogP contribution in [-0.4, -0.2) is 54.8 Å². The van der Waals surface area contributed by atoms with E-state index in [1.165, 1.54) is 0 Å². The zero-order chi connectivity index (χ0) is 24.5. The minimum absolute atomic E-state index is 0.225. The molecule has 182 valence electrons. The van der Waals surface area contributed by atoms with Crippen molar-refractivity contribution in [2.75, 3.05) is 19.6 Å². The van der Waals surface area contributed by atoms with Crippen LogP contribution in [0.25, 0.3) is 6.08 Å². The fourth-order valence-electron chi connectivity index (χ4n) is 3.92. The Bertz CT molecular complexity index is 852. The van der Waals surface area contributed by atoms with E-state index in [-0.39, 0.29) is 6.54 Å². The Labute approximate surface area is 198 Å². The van der Waals surface area contributed by atoms with E-state index < -0.39 is 35.6 Å². The number of hydrogen-bond donors (Lipinski definition) is 3. The van der Waals surface area contributed by atoms with E-state index >= 15 is 0 Å². The van der Waals surface area contributed by atoms with Gasteiger partial charge in [-0.3, -0.25) is 0 Å². The maximum Gasteiger partial charge on any atom is 0.492 e. The van der Waals surface area contributed by atoms with Gasteiger partial charge in [-0.15, -0.1) is 0 Å². The predicted octanol–water partition coefficient (Wildman–Crippen LogP) is 3.80. The standard InChI is InChI=1S/C25H39BN2O5/c1-22(2,3)31-21(29)28-17-20(26-32-23(4,5)24(6,7)33-26)16-18-8-10-19(11-9-18)25(30)12-14-27-15-13-25/h8-11,16,27,30H,12-15,17H2,1-7H3,(H,28,29). The van der Waals surface area contributed by atoms with Gasteiger partial charge in [-0.2, -0.15) is 0 Å². The third kappa shape index (κ3) is 6.38. The van der Waals surface area contributed by atoms with Crippen molar-refractivity contribution in [1.29, 1.82) is 0 Å². The molecular formula is C25H39BN2O5. The molecule has 2 fully saturated rings. The number of ether oxygens (including phenoxy) is 1. The molecule has 7 nitrogen and oxygen atoms in total. The number of piperidine rings is 1. The molecular weight excluding hydrogens is 419 g/mol. The second kappa shape index (κ2) is 9.41. The SMILES string of the molecule is CC(C)(C)OC(=O)NCC(=Cc1ccc(C2(O)CCNCC2)cc1)B1OC(C)(C)C(C)(C)O1. The monoisotopic (exact) mass is 458 g/mol. The van der Waals surface area contributed by atoms with E-state index in [1.54, 1.807) is 0 Å². The van der Waals surface area contributed by atoms with Gasteiger partial charge in [0.25, 0.3) is 0 Å². The van der Waals surface area contributed by atoms with Crippen LogP contribution in [0.15, 0.2) is 29.7 Å². The summed E-state index contributed by atoms with van der Waals surface area (Å²) in [7, 11) is -0.599. The van der Waals surface area contributed by atoms with Crippen molar-refractivity contribution >= 4 is 19.3 Å². The minimum atomic E-state index is -0.791. The lowest BCUT2D eigenvalue weighted by atomic mass is 9.76. The Kier molecular flexibility index (Phi) is 7.34. The molecule has 2 heterocycles. The van der Waals surface area contributed by atoms with E-state index in [2.05, 4.69) is 10.6 Å². The number of carbonyl (C=O) groups excluding carboxylic acids is 1. The molecule has 1 aromatic carbocycles. The summed E-state index contributed by atoms with van der Waals surface area (Å²) < 4.78 is 17.9. The van der Waals surface area contributed by atoms with Gasteiger partial charge in [-0.1, -0.05) is 30.3 Å². The molecule has 1 amide bonds. The Hall–Kier alpha value is -1.87. The van der Waals surface area contributed by atoms with Crippen LogP contribution in [0.5, 0.6) is 0 Å². The molecule has 1 aromatic rings. The van der Waals surface area contributed by atoms with Crippen molar-refractivity contribution in [1.82, 2.24) is 10.6 Å². The lowest BCUT2D eigenvalue weighted by Gasteiger charge is -2.33. The molecule has 2 aliphatic heterocycles. The van der Waals surface area contributed by atoms with Crippen LogP contribution in [-0.2, 0) is 19.6 Å². The predicted molar refractivity (Wildman–Crippen MR) is 131 cm³/mol. The fourth-order valence-corrected chi connectivity index (χ4v) is 3.92. The van der Waals surface area contributed by atoms with Gasteiger partial charge in [-0.25, -0.2) is 4.79 Å². The summed E-state index contributed by atoms with van der Waals surface area (Å²) in [6.45, 7) is 15.3. The van der Waals surface area contributed by atoms with Crippen LogP contribution in [0.4, 0.5) is 4.79 Å². The summed E-state index contributed by atoms with van der Waals surface area (Å²) in [4.78, 5) is 12.3.